The Morgan fingerprint density at radius 2 is 1.85 bits per heavy atom. The lowest BCUT2D eigenvalue weighted by Gasteiger charge is -2.19. The molecule has 7 nitrogen and oxygen atoms in total. The second-order valence-corrected chi connectivity index (χ2v) is 7.87. The Morgan fingerprint density at radius 3 is 2.52 bits per heavy atom. The van der Waals surface area contributed by atoms with Crippen LogP contribution in [0.15, 0.2) is 42.7 Å². The van der Waals surface area contributed by atoms with Gasteiger partial charge in [-0.1, -0.05) is 44.2 Å². The maximum absolute atomic E-state index is 12.2. The maximum Gasteiger partial charge on any atom is 0.325 e. The number of urea groups is 1. The SMILES string of the molecule is CC(C)(C)c1ccc(NC(=O)Nc2nnc(-c3cncc(C#N)c3)s2)cc1. The number of nitrogens with one attached hydrogen (secondary N) is 2. The summed E-state index contributed by atoms with van der Waals surface area (Å²) in [6.45, 7) is 6.41. The van der Waals surface area contributed by atoms with Crippen molar-refractivity contribution in [3.05, 3.63) is 53.9 Å². The lowest BCUT2D eigenvalue weighted by atomic mass is 9.87. The molecule has 0 saturated heterocycles. The van der Waals surface area contributed by atoms with E-state index in [1.54, 1.807) is 12.3 Å². The molecule has 0 atom stereocenters. The van der Waals surface area contributed by atoms with Crippen LogP contribution >= 0.6 is 11.3 Å². The van der Waals surface area contributed by atoms with Crippen LogP contribution in [0.1, 0.15) is 31.9 Å². The van der Waals surface area contributed by atoms with E-state index < -0.39 is 6.03 Å². The van der Waals surface area contributed by atoms with Gasteiger partial charge < -0.3 is 5.32 Å². The largest absolute Gasteiger partial charge is 0.325 e. The van der Waals surface area contributed by atoms with Crippen LogP contribution in [0, 0.1) is 11.3 Å². The average molecular weight is 378 g/mol. The number of hydrogen-bond donors (Lipinski definition) is 2. The van der Waals surface area contributed by atoms with Crippen molar-refractivity contribution in [2.75, 3.05) is 10.6 Å². The average Bonchev–Trinajstić information content (AvgIpc) is 3.10. The number of pyridine rings is 1. The Kier molecular flexibility index (Phi) is 5.14. The van der Waals surface area contributed by atoms with E-state index in [-0.39, 0.29) is 5.41 Å². The van der Waals surface area contributed by atoms with Crippen LogP contribution in [0.5, 0.6) is 0 Å². The molecule has 0 fully saturated rings. The van der Waals surface area contributed by atoms with Crippen LogP contribution in [0.2, 0.25) is 0 Å². The van der Waals surface area contributed by atoms with Gasteiger partial charge in [0.05, 0.1) is 5.56 Å². The van der Waals surface area contributed by atoms with Gasteiger partial charge in [0.1, 0.15) is 6.07 Å². The zero-order valence-electron chi connectivity index (χ0n) is 15.1. The minimum atomic E-state index is -0.398. The molecule has 2 heterocycles. The fourth-order valence-corrected chi connectivity index (χ4v) is 3.04. The summed E-state index contributed by atoms with van der Waals surface area (Å²) >= 11 is 1.21. The normalized spacial score (nSPS) is 10.9. The number of rotatable bonds is 3. The van der Waals surface area contributed by atoms with Gasteiger partial charge in [-0.2, -0.15) is 5.26 Å². The molecule has 0 aliphatic rings. The van der Waals surface area contributed by atoms with Gasteiger partial charge in [0.15, 0.2) is 5.01 Å². The van der Waals surface area contributed by atoms with Crippen molar-refractivity contribution in [1.82, 2.24) is 15.2 Å². The highest BCUT2D eigenvalue weighted by molar-refractivity contribution is 7.18. The predicted octanol–water partition coefficient (Wildman–Crippen LogP) is 4.41. The smallest absolute Gasteiger partial charge is 0.308 e. The summed E-state index contributed by atoms with van der Waals surface area (Å²) in [6.07, 6.45) is 3.07. The molecule has 2 aromatic heterocycles. The van der Waals surface area contributed by atoms with E-state index in [0.717, 1.165) is 0 Å². The molecular formula is C19H18N6OS. The predicted molar refractivity (Wildman–Crippen MR) is 106 cm³/mol. The van der Waals surface area contributed by atoms with Crippen molar-refractivity contribution in [3.63, 3.8) is 0 Å². The molecule has 0 bridgehead atoms. The van der Waals surface area contributed by atoms with Gasteiger partial charge in [-0.25, -0.2) is 4.79 Å². The van der Waals surface area contributed by atoms with E-state index >= 15 is 0 Å². The molecule has 3 aromatic rings. The fraction of sp³-hybridized carbons (Fsp3) is 0.211. The summed E-state index contributed by atoms with van der Waals surface area (Å²) in [5.74, 6) is 0. The molecule has 1 aromatic carbocycles. The number of benzene rings is 1. The van der Waals surface area contributed by atoms with Crippen molar-refractivity contribution >= 4 is 28.2 Å². The van der Waals surface area contributed by atoms with E-state index in [2.05, 4.69) is 46.6 Å². The van der Waals surface area contributed by atoms with Crippen molar-refractivity contribution in [3.8, 4) is 16.6 Å². The Bertz CT molecular complexity index is 998. The third-order valence-corrected chi connectivity index (χ3v) is 4.66. The summed E-state index contributed by atoms with van der Waals surface area (Å²) in [5, 5.41) is 23.3. The van der Waals surface area contributed by atoms with Crippen LogP contribution in [-0.2, 0) is 5.41 Å². The van der Waals surface area contributed by atoms with Gasteiger partial charge in [0.2, 0.25) is 5.13 Å². The highest BCUT2D eigenvalue weighted by Crippen LogP contribution is 2.27. The first-order valence-corrected chi connectivity index (χ1v) is 9.04. The van der Waals surface area contributed by atoms with Crippen molar-refractivity contribution in [2.24, 2.45) is 0 Å². The first kappa shape index (κ1) is 18.5. The van der Waals surface area contributed by atoms with Crippen molar-refractivity contribution in [1.29, 1.82) is 5.26 Å². The van der Waals surface area contributed by atoms with Gasteiger partial charge in [-0.3, -0.25) is 10.3 Å². The monoisotopic (exact) mass is 378 g/mol. The van der Waals surface area contributed by atoms with Crippen LogP contribution in [0.25, 0.3) is 10.6 Å². The lowest BCUT2D eigenvalue weighted by molar-refractivity contribution is 0.262. The van der Waals surface area contributed by atoms with Crippen LogP contribution in [0.3, 0.4) is 0 Å². The topological polar surface area (TPSA) is 104 Å². The summed E-state index contributed by atoms with van der Waals surface area (Å²) < 4.78 is 0. The van der Waals surface area contributed by atoms with Gasteiger partial charge in [-0.05, 0) is 29.2 Å². The van der Waals surface area contributed by atoms with Crippen molar-refractivity contribution in [2.45, 2.75) is 26.2 Å². The highest BCUT2D eigenvalue weighted by Gasteiger charge is 2.14. The zero-order valence-corrected chi connectivity index (χ0v) is 16.0. The maximum atomic E-state index is 12.2. The molecule has 0 aliphatic heterocycles. The van der Waals surface area contributed by atoms with E-state index in [1.165, 1.54) is 23.1 Å². The Morgan fingerprint density at radius 1 is 1.11 bits per heavy atom. The minimum absolute atomic E-state index is 0.0570. The van der Waals surface area contributed by atoms with Gasteiger partial charge in [0, 0.05) is 23.6 Å². The number of carbonyl (C=O) groups is 1. The second kappa shape index (κ2) is 7.51. The third-order valence-electron chi connectivity index (χ3n) is 3.77. The number of amides is 2. The summed E-state index contributed by atoms with van der Waals surface area (Å²) in [7, 11) is 0. The number of carbonyl (C=O) groups excluding carboxylic acids is 1. The standard InChI is InChI=1S/C19H18N6OS/c1-19(2,3)14-4-6-15(7-5-14)22-17(26)23-18-25-24-16(27-18)13-8-12(9-20)10-21-11-13/h4-8,10-11H,1-3H3,(H2,22,23,25,26). The lowest BCUT2D eigenvalue weighted by Crippen LogP contribution is -2.19. The molecule has 2 N–H and O–H groups in total. The molecule has 0 spiro atoms. The molecular weight excluding hydrogens is 360 g/mol. The number of anilines is 2. The van der Waals surface area contributed by atoms with Crippen LogP contribution in [0.4, 0.5) is 15.6 Å². The summed E-state index contributed by atoms with van der Waals surface area (Å²) in [6, 6.07) is 11.0. The Labute approximate surface area is 161 Å². The van der Waals surface area contributed by atoms with Gasteiger partial charge >= 0.3 is 6.03 Å². The molecule has 8 heteroatoms. The molecule has 27 heavy (non-hydrogen) atoms. The first-order chi connectivity index (χ1) is 12.8. The number of hydrogen-bond acceptors (Lipinski definition) is 6. The van der Waals surface area contributed by atoms with Crippen molar-refractivity contribution < 1.29 is 4.79 Å². The van der Waals surface area contributed by atoms with Gasteiger partial charge in [0.25, 0.3) is 0 Å². The molecule has 0 unspecified atom stereocenters. The molecule has 0 radical (unpaired) electrons. The second-order valence-electron chi connectivity index (χ2n) is 6.89. The molecule has 3 rings (SSSR count). The number of aromatic nitrogens is 3. The molecule has 136 valence electrons. The molecule has 0 aliphatic carbocycles. The third kappa shape index (κ3) is 4.65. The number of nitrogens with zero attached hydrogens (tertiary/aromatic N) is 4. The van der Waals surface area contributed by atoms with Crippen LogP contribution in [-0.4, -0.2) is 21.2 Å². The molecule has 2 amide bonds. The molecule has 0 saturated carbocycles. The Balaban J connectivity index is 1.65. The highest BCUT2D eigenvalue weighted by atomic mass is 32.1. The zero-order chi connectivity index (χ0) is 19.4. The Hall–Kier alpha value is -3.31. The quantitative estimate of drug-likeness (QED) is 0.702. The van der Waals surface area contributed by atoms with E-state index in [9.17, 15) is 4.79 Å². The van der Waals surface area contributed by atoms with Crippen LogP contribution < -0.4 is 10.6 Å². The summed E-state index contributed by atoms with van der Waals surface area (Å²) in [4.78, 5) is 16.2. The fourth-order valence-electron chi connectivity index (χ4n) is 2.32. The minimum Gasteiger partial charge on any atom is -0.308 e. The van der Waals surface area contributed by atoms with Gasteiger partial charge in [-0.15, -0.1) is 10.2 Å². The summed E-state index contributed by atoms with van der Waals surface area (Å²) in [5.41, 5.74) is 3.06. The van der Waals surface area contributed by atoms with E-state index in [4.69, 9.17) is 5.26 Å². The number of nitriles is 1. The first-order valence-electron chi connectivity index (χ1n) is 8.23. The van der Waals surface area contributed by atoms with E-state index in [0.29, 0.717) is 27.0 Å². The van der Waals surface area contributed by atoms with E-state index in [1.807, 2.05) is 30.3 Å².